The lowest BCUT2D eigenvalue weighted by atomic mass is 10.1. The van der Waals surface area contributed by atoms with Gasteiger partial charge in [-0.2, -0.15) is 0 Å². The predicted octanol–water partition coefficient (Wildman–Crippen LogP) is 1.52. The van der Waals surface area contributed by atoms with Crippen LogP contribution in [-0.4, -0.2) is 41.6 Å². The van der Waals surface area contributed by atoms with Crippen molar-refractivity contribution in [2.75, 3.05) is 13.1 Å². The lowest BCUT2D eigenvalue weighted by Gasteiger charge is -2.36. The number of carbonyl (C=O) groups is 2. The van der Waals surface area contributed by atoms with Gasteiger partial charge in [0, 0.05) is 12.1 Å². The van der Waals surface area contributed by atoms with E-state index >= 15 is 0 Å². The molecule has 1 N–H and O–H groups in total. The number of halogens is 2. The highest BCUT2D eigenvalue weighted by atomic mass is 19.1. The van der Waals surface area contributed by atoms with Gasteiger partial charge in [-0.3, -0.25) is 4.79 Å². The summed E-state index contributed by atoms with van der Waals surface area (Å²) in [6.07, 6.45) is -1.41. The molecule has 1 amide bonds. The van der Waals surface area contributed by atoms with Gasteiger partial charge in [-0.1, -0.05) is 0 Å². The van der Waals surface area contributed by atoms with E-state index in [1.807, 2.05) is 0 Å². The van der Waals surface area contributed by atoms with Crippen molar-refractivity contribution >= 4 is 12.4 Å². The van der Waals surface area contributed by atoms with Crippen molar-refractivity contribution in [1.82, 2.24) is 4.90 Å². The summed E-state index contributed by atoms with van der Waals surface area (Å²) < 4.78 is 31.7. The fraction of sp³-hybridized carbons (Fsp3) is 0.273. The molecule has 0 unspecified atom stereocenters. The van der Waals surface area contributed by atoms with Gasteiger partial charge in [-0.05, 0) is 0 Å². The third kappa shape index (κ3) is 2.24. The molecule has 1 heterocycles. The number of carbonyl (C=O) groups excluding carboxylic acids is 1. The molecule has 2 rings (SSSR count). The van der Waals surface area contributed by atoms with Gasteiger partial charge < -0.3 is 14.7 Å². The first-order chi connectivity index (χ1) is 8.51. The molecule has 1 aliphatic rings. The normalized spacial score (nSPS) is 15.1. The first-order valence-electron chi connectivity index (χ1n) is 5.10. The molecular weight excluding hydrogens is 248 g/mol. The van der Waals surface area contributed by atoms with Crippen molar-refractivity contribution in [3.8, 4) is 5.75 Å². The van der Waals surface area contributed by atoms with E-state index in [1.54, 1.807) is 0 Å². The molecule has 0 spiro atoms. The summed E-state index contributed by atoms with van der Waals surface area (Å²) >= 11 is 0. The number of rotatable bonds is 3. The number of ether oxygens (including phenoxy) is 1. The van der Waals surface area contributed by atoms with Gasteiger partial charge in [-0.25, -0.2) is 13.6 Å². The number of nitrogens with zero attached hydrogens (tertiary/aromatic N) is 1. The lowest BCUT2D eigenvalue weighted by Crippen LogP contribution is -2.55. The second kappa shape index (κ2) is 4.59. The minimum absolute atomic E-state index is 0.0642. The zero-order valence-corrected chi connectivity index (χ0v) is 9.10. The summed E-state index contributed by atoms with van der Waals surface area (Å²) in [4.78, 5) is 22.0. The molecule has 96 valence electrons. The number of amides is 1. The van der Waals surface area contributed by atoms with E-state index < -0.39 is 29.4 Å². The molecule has 1 fully saturated rings. The molecule has 0 atom stereocenters. The standard InChI is InChI=1S/C11H9F2NO4/c12-9-1-6(2-10(13)8(9)5-15)18-7-3-14(4-7)11(16)17/h1-2,5,7H,3-4H2,(H,16,17). The van der Waals surface area contributed by atoms with Crippen LogP contribution in [0.25, 0.3) is 0 Å². The molecule has 0 bridgehead atoms. The van der Waals surface area contributed by atoms with Crippen LogP contribution in [-0.2, 0) is 0 Å². The van der Waals surface area contributed by atoms with E-state index in [9.17, 15) is 18.4 Å². The Balaban J connectivity index is 2.03. The van der Waals surface area contributed by atoms with Crippen molar-refractivity contribution in [3.05, 3.63) is 29.3 Å². The van der Waals surface area contributed by atoms with Crippen LogP contribution in [0, 0.1) is 11.6 Å². The van der Waals surface area contributed by atoms with Gasteiger partial charge in [0.1, 0.15) is 23.5 Å². The highest BCUT2D eigenvalue weighted by Crippen LogP contribution is 2.22. The summed E-state index contributed by atoms with van der Waals surface area (Å²) in [7, 11) is 0. The Morgan fingerprint density at radius 1 is 1.39 bits per heavy atom. The fourth-order valence-corrected chi connectivity index (χ4v) is 1.60. The SMILES string of the molecule is O=Cc1c(F)cc(OC2CN(C(=O)O)C2)cc1F. The van der Waals surface area contributed by atoms with Gasteiger partial charge in [0.15, 0.2) is 6.29 Å². The van der Waals surface area contributed by atoms with Gasteiger partial charge in [0.2, 0.25) is 0 Å². The zero-order chi connectivity index (χ0) is 13.3. The molecule has 1 saturated heterocycles. The third-order valence-corrected chi connectivity index (χ3v) is 2.59. The van der Waals surface area contributed by atoms with Crippen LogP contribution in [0.5, 0.6) is 5.75 Å². The molecular formula is C11H9F2NO4. The quantitative estimate of drug-likeness (QED) is 0.833. The number of likely N-dealkylation sites (tertiary alicyclic amines) is 1. The first-order valence-corrected chi connectivity index (χ1v) is 5.10. The van der Waals surface area contributed by atoms with Crippen LogP contribution < -0.4 is 4.74 Å². The third-order valence-electron chi connectivity index (χ3n) is 2.59. The Kier molecular flexibility index (Phi) is 3.14. The Morgan fingerprint density at radius 2 is 1.94 bits per heavy atom. The molecule has 5 nitrogen and oxygen atoms in total. The van der Waals surface area contributed by atoms with Gasteiger partial charge >= 0.3 is 6.09 Å². The van der Waals surface area contributed by atoms with Crippen molar-refractivity contribution in [3.63, 3.8) is 0 Å². The number of hydrogen-bond donors (Lipinski definition) is 1. The van der Waals surface area contributed by atoms with Gasteiger partial charge in [0.05, 0.1) is 18.7 Å². The molecule has 7 heteroatoms. The van der Waals surface area contributed by atoms with Gasteiger partial charge in [0.25, 0.3) is 0 Å². The molecule has 0 saturated carbocycles. The molecule has 1 aromatic carbocycles. The Hall–Kier alpha value is -2.18. The first kappa shape index (κ1) is 12.3. The van der Waals surface area contributed by atoms with Crippen LogP contribution in [0.4, 0.5) is 13.6 Å². The highest BCUT2D eigenvalue weighted by Gasteiger charge is 2.32. The maximum absolute atomic E-state index is 13.2. The molecule has 1 aliphatic heterocycles. The van der Waals surface area contributed by atoms with Crippen LogP contribution in [0.3, 0.4) is 0 Å². The average Bonchev–Trinajstić information content (AvgIpc) is 2.21. The Morgan fingerprint density at radius 3 is 2.39 bits per heavy atom. The monoisotopic (exact) mass is 257 g/mol. The van der Waals surface area contributed by atoms with E-state index in [2.05, 4.69) is 0 Å². The Labute approximate surface area is 101 Å². The minimum Gasteiger partial charge on any atom is -0.487 e. The molecule has 0 aromatic heterocycles. The average molecular weight is 257 g/mol. The van der Waals surface area contributed by atoms with Crippen molar-refractivity contribution in [2.24, 2.45) is 0 Å². The molecule has 18 heavy (non-hydrogen) atoms. The van der Waals surface area contributed by atoms with Crippen molar-refractivity contribution < 1.29 is 28.2 Å². The van der Waals surface area contributed by atoms with E-state index in [0.29, 0.717) is 0 Å². The maximum Gasteiger partial charge on any atom is 0.407 e. The molecule has 0 aliphatic carbocycles. The summed E-state index contributed by atoms with van der Waals surface area (Å²) in [5.74, 6) is -2.07. The van der Waals surface area contributed by atoms with E-state index in [0.717, 1.165) is 17.0 Å². The summed E-state index contributed by atoms with van der Waals surface area (Å²) in [6, 6.07) is 1.80. The van der Waals surface area contributed by atoms with E-state index in [4.69, 9.17) is 9.84 Å². The number of aldehydes is 1. The number of carboxylic acid groups (broad SMARTS) is 1. The summed E-state index contributed by atoms with van der Waals surface area (Å²) in [5, 5.41) is 8.59. The minimum atomic E-state index is -1.07. The second-order valence-electron chi connectivity index (χ2n) is 3.85. The summed E-state index contributed by atoms with van der Waals surface area (Å²) in [6.45, 7) is 0.294. The number of hydrogen-bond acceptors (Lipinski definition) is 3. The topological polar surface area (TPSA) is 66.8 Å². The maximum atomic E-state index is 13.2. The molecule has 0 radical (unpaired) electrons. The highest BCUT2D eigenvalue weighted by molar-refractivity contribution is 5.76. The fourth-order valence-electron chi connectivity index (χ4n) is 1.60. The van der Waals surface area contributed by atoms with Crippen LogP contribution >= 0.6 is 0 Å². The van der Waals surface area contributed by atoms with Crippen LogP contribution in [0.2, 0.25) is 0 Å². The van der Waals surface area contributed by atoms with Gasteiger partial charge in [-0.15, -0.1) is 0 Å². The zero-order valence-electron chi connectivity index (χ0n) is 9.10. The second-order valence-corrected chi connectivity index (χ2v) is 3.85. The van der Waals surface area contributed by atoms with Crippen LogP contribution in [0.1, 0.15) is 10.4 Å². The largest absolute Gasteiger partial charge is 0.487 e. The smallest absolute Gasteiger partial charge is 0.407 e. The predicted molar refractivity (Wildman–Crippen MR) is 55.8 cm³/mol. The van der Waals surface area contributed by atoms with Crippen LogP contribution in [0.15, 0.2) is 12.1 Å². The Bertz CT molecular complexity index is 477. The van der Waals surface area contributed by atoms with E-state index in [1.165, 1.54) is 0 Å². The summed E-state index contributed by atoms with van der Waals surface area (Å²) in [5.41, 5.74) is -0.650. The number of benzene rings is 1. The van der Waals surface area contributed by atoms with E-state index in [-0.39, 0.29) is 25.1 Å². The molecule has 1 aromatic rings. The van der Waals surface area contributed by atoms with Crippen molar-refractivity contribution in [1.29, 1.82) is 0 Å². The van der Waals surface area contributed by atoms with Crippen molar-refractivity contribution in [2.45, 2.75) is 6.10 Å². The lowest BCUT2D eigenvalue weighted by molar-refractivity contribution is 0.0248.